The van der Waals surface area contributed by atoms with Crippen LogP contribution in [0.15, 0.2) is 23.1 Å². The van der Waals surface area contributed by atoms with Crippen LogP contribution in [0, 0.1) is 12.7 Å². The van der Waals surface area contributed by atoms with Crippen LogP contribution in [0.1, 0.15) is 18.9 Å². The molecular weight excluding hydrogens is 257 g/mol. The Morgan fingerprint density at radius 1 is 1.44 bits per heavy atom. The minimum atomic E-state index is -3.72. The molecule has 1 fully saturated rings. The molecule has 1 aromatic rings. The third kappa shape index (κ3) is 2.41. The molecule has 2 rings (SSSR count). The quantitative estimate of drug-likeness (QED) is 0.883. The van der Waals surface area contributed by atoms with E-state index in [4.69, 9.17) is 0 Å². The molecule has 0 amide bonds. The third-order valence-corrected chi connectivity index (χ3v) is 5.04. The summed E-state index contributed by atoms with van der Waals surface area (Å²) in [6.07, 6.45) is 0.389. The van der Waals surface area contributed by atoms with Crippen molar-refractivity contribution >= 4 is 10.0 Å². The molecule has 1 aromatic carbocycles. The largest absolute Gasteiger partial charge is 0.389 e. The lowest BCUT2D eigenvalue weighted by atomic mass is 10.1. The van der Waals surface area contributed by atoms with Gasteiger partial charge in [0.2, 0.25) is 10.0 Å². The zero-order valence-electron chi connectivity index (χ0n) is 10.4. The second-order valence-electron chi connectivity index (χ2n) is 5.00. The fraction of sp³-hybridized carbons (Fsp3) is 0.500. The van der Waals surface area contributed by atoms with Crippen molar-refractivity contribution in [3.63, 3.8) is 0 Å². The molecule has 100 valence electrons. The highest BCUT2D eigenvalue weighted by molar-refractivity contribution is 7.89. The Morgan fingerprint density at radius 2 is 2.11 bits per heavy atom. The van der Waals surface area contributed by atoms with Gasteiger partial charge in [-0.2, -0.15) is 4.31 Å². The summed E-state index contributed by atoms with van der Waals surface area (Å²) >= 11 is 0. The predicted octanol–water partition coefficient (Wildman–Crippen LogP) is 1.28. The molecule has 1 heterocycles. The van der Waals surface area contributed by atoms with Crippen molar-refractivity contribution < 1.29 is 17.9 Å². The number of β-amino-alcohol motifs (C(OH)–C–C–N with tert-alkyl or cyclic N) is 1. The fourth-order valence-corrected chi connectivity index (χ4v) is 3.56. The number of benzene rings is 1. The zero-order chi connectivity index (χ0) is 13.6. The summed E-state index contributed by atoms with van der Waals surface area (Å²) in [7, 11) is -3.72. The first kappa shape index (κ1) is 13.5. The molecule has 1 atom stereocenters. The smallest absolute Gasteiger partial charge is 0.243 e. The van der Waals surface area contributed by atoms with E-state index in [9.17, 15) is 17.9 Å². The highest BCUT2D eigenvalue weighted by atomic mass is 32.2. The Bertz CT molecular complexity index is 569. The van der Waals surface area contributed by atoms with Gasteiger partial charge in [-0.1, -0.05) is 6.07 Å². The number of hydrogen-bond acceptors (Lipinski definition) is 3. The fourth-order valence-electron chi connectivity index (χ4n) is 1.99. The van der Waals surface area contributed by atoms with Crippen molar-refractivity contribution in [2.45, 2.75) is 30.8 Å². The molecule has 0 aliphatic carbocycles. The summed E-state index contributed by atoms with van der Waals surface area (Å²) < 4.78 is 39.1. The summed E-state index contributed by atoms with van der Waals surface area (Å²) in [6.45, 7) is 3.47. The monoisotopic (exact) mass is 273 g/mol. The van der Waals surface area contributed by atoms with Crippen LogP contribution in [-0.4, -0.2) is 36.5 Å². The van der Waals surface area contributed by atoms with E-state index in [1.807, 2.05) is 0 Å². The number of aryl methyl sites for hydroxylation is 1. The second kappa shape index (κ2) is 4.29. The van der Waals surface area contributed by atoms with Gasteiger partial charge >= 0.3 is 0 Å². The molecule has 1 aliphatic rings. The number of sulfonamides is 1. The number of nitrogens with zero attached hydrogens (tertiary/aromatic N) is 1. The van der Waals surface area contributed by atoms with E-state index in [0.717, 1.165) is 6.07 Å². The molecule has 1 N–H and O–H groups in total. The molecule has 0 saturated carbocycles. The van der Waals surface area contributed by atoms with Gasteiger partial charge in [-0.3, -0.25) is 0 Å². The van der Waals surface area contributed by atoms with E-state index in [1.54, 1.807) is 13.8 Å². The summed E-state index contributed by atoms with van der Waals surface area (Å²) in [5, 5.41) is 9.79. The van der Waals surface area contributed by atoms with Crippen LogP contribution in [0.25, 0.3) is 0 Å². The van der Waals surface area contributed by atoms with Gasteiger partial charge in [0.05, 0.1) is 10.5 Å². The number of aliphatic hydroxyl groups is 1. The van der Waals surface area contributed by atoms with Crippen molar-refractivity contribution in [2.75, 3.05) is 13.1 Å². The van der Waals surface area contributed by atoms with Crippen LogP contribution in [0.5, 0.6) is 0 Å². The van der Waals surface area contributed by atoms with Gasteiger partial charge in [0.1, 0.15) is 5.82 Å². The highest BCUT2D eigenvalue weighted by Gasteiger charge is 2.38. The lowest BCUT2D eigenvalue weighted by Crippen LogP contribution is -2.34. The topological polar surface area (TPSA) is 57.6 Å². The van der Waals surface area contributed by atoms with Gasteiger partial charge < -0.3 is 5.11 Å². The molecule has 1 unspecified atom stereocenters. The van der Waals surface area contributed by atoms with Crippen molar-refractivity contribution in [1.82, 2.24) is 4.31 Å². The van der Waals surface area contributed by atoms with E-state index in [0.29, 0.717) is 12.0 Å². The van der Waals surface area contributed by atoms with Crippen LogP contribution in [-0.2, 0) is 10.0 Å². The minimum Gasteiger partial charge on any atom is -0.389 e. The molecule has 1 saturated heterocycles. The standard InChI is InChI=1S/C12H16FNO3S/c1-9-3-4-10(7-11(9)13)18(16,17)14-6-5-12(2,15)8-14/h3-4,7,15H,5-6,8H2,1-2H3. The number of hydrogen-bond donors (Lipinski definition) is 1. The van der Waals surface area contributed by atoms with E-state index < -0.39 is 21.4 Å². The first-order chi connectivity index (χ1) is 8.22. The molecule has 0 bridgehead atoms. The summed E-state index contributed by atoms with van der Waals surface area (Å²) in [5.41, 5.74) is -0.599. The first-order valence-corrected chi connectivity index (χ1v) is 7.15. The van der Waals surface area contributed by atoms with Gasteiger partial charge in [0, 0.05) is 13.1 Å². The number of halogens is 1. The van der Waals surface area contributed by atoms with E-state index in [2.05, 4.69) is 0 Å². The molecular formula is C12H16FNO3S. The normalized spacial score (nSPS) is 25.6. The average Bonchev–Trinajstić information content (AvgIpc) is 2.63. The Kier molecular flexibility index (Phi) is 3.21. The van der Waals surface area contributed by atoms with Gasteiger partial charge in [-0.15, -0.1) is 0 Å². The maximum Gasteiger partial charge on any atom is 0.243 e. The summed E-state index contributed by atoms with van der Waals surface area (Å²) in [6, 6.07) is 3.86. The minimum absolute atomic E-state index is 0.0465. The van der Waals surface area contributed by atoms with Crippen molar-refractivity contribution in [3.8, 4) is 0 Å². The summed E-state index contributed by atoms with van der Waals surface area (Å²) in [4.78, 5) is -0.0664. The highest BCUT2D eigenvalue weighted by Crippen LogP contribution is 2.27. The number of rotatable bonds is 2. The molecule has 18 heavy (non-hydrogen) atoms. The molecule has 0 spiro atoms. The Labute approximate surface area is 106 Å². The Morgan fingerprint density at radius 3 is 2.61 bits per heavy atom. The lowest BCUT2D eigenvalue weighted by molar-refractivity contribution is 0.0762. The summed E-state index contributed by atoms with van der Waals surface area (Å²) in [5.74, 6) is -0.540. The van der Waals surface area contributed by atoms with Crippen LogP contribution >= 0.6 is 0 Å². The molecule has 0 aromatic heterocycles. The molecule has 6 heteroatoms. The first-order valence-electron chi connectivity index (χ1n) is 5.71. The van der Waals surface area contributed by atoms with Gasteiger partial charge in [-0.05, 0) is 38.0 Å². The van der Waals surface area contributed by atoms with Crippen LogP contribution < -0.4 is 0 Å². The molecule has 0 radical (unpaired) electrons. The average molecular weight is 273 g/mol. The van der Waals surface area contributed by atoms with Gasteiger partial charge in [0.15, 0.2) is 0 Å². The molecule has 4 nitrogen and oxygen atoms in total. The van der Waals surface area contributed by atoms with Crippen molar-refractivity contribution in [2.24, 2.45) is 0 Å². The lowest BCUT2D eigenvalue weighted by Gasteiger charge is -2.19. The third-order valence-electron chi connectivity index (χ3n) is 3.20. The van der Waals surface area contributed by atoms with E-state index >= 15 is 0 Å². The Hall–Kier alpha value is -0.980. The van der Waals surface area contributed by atoms with Crippen molar-refractivity contribution in [1.29, 1.82) is 0 Å². The van der Waals surface area contributed by atoms with Crippen LogP contribution in [0.3, 0.4) is 0 Å². The van der Waals surface area contributed by atoms with Crippen molar-refractivity contribution in [3.05, 3.63) is 29.6 Å². The Balaban J connectivity index is 2.34. The maximum atomic E-state index is 13.4. The molecule has 1 aliphatic heterocycles. The second-order valence-corrected chi connectivity index (χ2v) is 6.93. The van der Waals surface area contributed by atoms with Crippen LogP contribution in [0.4, 0.5) is 4.39 Å². The van der Waals surface area contributed by atoms with E-state index in [1.165, 1.54) is 16.4 Å². The predicted molar refractivity (Wildman–Crippen MR) is 65.1 cm³/mol. The van der Waals surface area contributed by atoms with E-state index in [-0.39, 0.29) is 18.0 Å². The SMILES string of the molecule is Cc1ccc(S(=O)(=O)N2CCC(C)(O)C2)cc1F. The zero-order valence-corrected chi connectivity index (χ0v) is 11.2. The maximum absolute atomic E-state index is 13.4. The van der Waals surface area contributed by atoms with Crippen LogP contribution in [0.2, 0.25) is 0 Å². The van der Waals surface area contributed by atoms with Gasteiger partial charge in [-0.25, -0.2) is 12.8 Å². The van der Waals surface area contributed by atoms with Gasteiger partial charge in [0.25, 0.3) is 0 Å².